The quantitative estimate of drug-likeness (QED) is 0.589. The van der Waals surface area contributed by atoms with Gasteiger partial charge in [-0.25, -0.2) is 0 Å². The van der Waals surface area contributed by atoms with Gasteiger partial charge in [-0.15, -0.1) is 0 Å². The monoisotopic (exact) mass is 282 g/mol. The average Bonchev–Trinajstić information content (AvgIpc) is 2.83. The number of phenolic OH excluding ortho intramolecular Hbond substituents is 1. The number of nitro groups is 1. The highest BCUT2D eigenvalue weighted by molar-refractivity contribution is 5.81. The van der Waals surface area contributed by atoms with Crippen LogP contribution in [0, 0.1) is 17.0 Å². The molecule has 0 saturated carbocycles. The Morgan fingerprint density at radius 1 is 1.19 bits per heavy atom. The third kappa shape index (κ3) is 2.45. The molecule has 0 radical (unpaired) electrons. The lowest BCUT2D eigenvalue weighted by molar-refractivity contribution is -0.385. The second-order valence-corrected chi connectivity index (χ2v) is 5.06. The fourth-order valence-corrected chi connectivity index (χ4v) is 2.47. The van der Waals surface area contributed by atoms with Crippen LogP contribution in [0.2, 0.25) is 0 Å². The second kappa shape index (κ2) is 4.94. The zero-order valence-electron chi connectivity index (χ0n) is 11.5. The van der Waals surface area contributed by atoms with Crippen LogP contribution in [0.15, 0.2) is 48.7 Å². The lowest BCUT2D eigenvalue weighted by atomic mass is 10.1. The zero-order chi connectivity index (χ0) is 15.0. The van der Waals surface area contributed by atoms with E-state index in [1.54, 1.807) is 31.2 Å². The first-order valence-corrected chi connectivity index (χ1v) is 6.56. The van der Waals surface area contributed by atoms with Gasteiger partial charge in [0.05, 0.1) is 4.92 Å². The molecule has 0 aliphatic carbocycles. The number of fused-ring (bicyclic) bond motifs is 1. The Kier molecular flexibility index (Phi) is 3.10. The molecule has 0 spiro atoms. The van der Waals surface area contributed by atoms with E-state index < -0.39 is 0 Å². The van der Waals surface area contributed by atoms with E-state index in [2.05, 4.69) is 0 Å². The van der Waals surface area contributed by atoms with Crippen LogP contribution in [0.3, 0.4) is 0 Å². The summed E-state index contributed by atoms with van der Waals surface area (Å²) in [5.41, 5.74) is 2.65. The largest absolute Gasteiger partial charge is 0.508 e. The molecule has 5 heteroatoms. The first-order chi connectivity index (χ1) is 10.0. The molecule has 0 aliphatic heterocycles. The molecule has 0 fully saturated rings. The number of nitrogens with zero attached hydrogens (tertiary/aromatic N) is 2. The maximum Gasteiger partial charge on any atom is 0.272 e. The van der Waals surface area contributed by atoms with Crippen LogP contribution >= 0.6 is 0 Å². The Bertz CT molecular complexity index is 837. The lowest BCUT2D eigenvalue weighted by Gasteiger charge is -2.07. The molecule has 0 aliphatic rings. The summed E-state index contributed by atoms with van der Waals surface area (Å²) >= 11 is 0. The van der Waals surface area contributed by atoms with Gasteiger partial charge in [-0.05, 0) is 36.8 Å². The van der Waals surface area contributed by atoms with Crippen LogP contribution in [-0.4, -0.2) is 14.6 Å². The van der Waals surface area contributed by atoms with Crippen molar-refractivity contribution in [3.05, 3.63) is 69.9 Å². The first kappa shape index (κ1) is 13.2. The SMILES string of the molecule is Cc1ccc(Cn2ccc3cc(O)ccc32)cc1[N+](=O)[O-]. The van der Waals surface area contributed by atoms with Crippen molar-refractivity contribution in [1.29, 1.82) is 0 Å². The summed E-state index contributed by atoms with van der Waals surface area (Å²) in [5, 5.41) is 21.4. The molecule has 1 aromatic heterocycles. The third-order valence-corrected chi connectivity index (χ3v) is 3.58. The van der Waals surface area contributed by atoms with Crippen LogP contribution in [0.1, 0.15) is 11.1 Å². The molecular formula is C16H14N2O3. The molecule has 0 amide bonds. The van der Waals surface area contributed by atoms with E-state index >= 15 is 0 Å². The van der Waals surface area contributed by atoms with Crippen LogP contribution in [0.25, 0.3) is 10.9 Å². The van der Waals surface area contributed by atoms with E-state index in [-0.39, 0.29) is 16.4 Å². The van der Waals surface area contributed by atoms with Gasteiger partial charge < -0.3 is 9.67 Å². The molecular weight excluding hydrogens is 268 g/mol. The maximum absolute atomic E-state index is 11.0. The number of aromatic hydroxyl groups is 1. The summed E-state index contributed by atoms with van der Waals surface area (Å²) in [7, 11) is 0. The number of rotatable bonds is 3. The standard InChI is InChI=1S/C16H14N2O3/c1-11-2-3-12(8-16(11)18(20)21)10-17-7-6-13-9-14(19)4-5-15(13)17/h2-9,19H,10H2,1H3. The van der Waals surface area contributed by atoms with E-state index in [1.165, 1.54) is 0 Å². The highest BCUT2D eigenvalue weighted by Crippen LogP contribution is 2.24. The fourth-order valence-electron chi connectivity index (χ4n) is 2.47. The maximum atomic E-state index is 11.0. The summed E-state index contributed by atoms with van der Waals surface area (Å²) in [6, 6.07) is 12.4. The van der Waals surface area contributed by atoms with Gasteiger partial charge in [-0.3, -0.25) is 10.1 Å². The smallest absolute Gasteiger partial charge is 0.272 e. The van der Waals surface area contributed by atoms with Crippen LogP contribution in [0.4, 0.5) is 5.69 Å². The number of benzene rings is 2. The Hall–Kier alpha value is -2.82. The van der Waals surface area contributed by atoms with Crippen molar-refractivity contribution in [3.8, 4) is 5.75 Å². The minimum absolute atomic E-state index is 0.140. The predicted octanol–water partition coefficient (Wildman–Crippen LogP) is 3.61. The van der Waals surface area contributed by atoms with E-state index in [4.69, 9.17) is 0 Å². The van der Waals surface area contributed by atoms with Gasteiger partial charge in [0.25, 0.3) is 5.69 Å². The summed E-state index contributed by atoms with van der Waals surface area (Å²) < 4.78 is 2.00. The highest BCUT2D eigenvalue weighted by Gasteiger charge is 2.11. The molecule has 0 unspecified atom stereocenters. The number of hydrogen-bond donors (Lipinski definition) is 1. The van der Waals surface area contributed by atoms with E-state index in [0.717, 1.165) is 16.5 Å². The third-order valence-electron chi connectivity index (χ3n) is 3.58. The summed E-state index contributed by atoms with van der Waals surface area (Å²) in [5.74, 6) is 0.228. The van der Waals surface area contributed by atoms with Gasteiger partial charge in [-0.1, -0.05) is 12.1 Å². The molecule has 0 atom stereocenters. The molecule has 0 saturated heterocycles. The number of hydrogen-bond acceptors (Lipinski definition) is 3. The minimum Gasteiger partial charge on any atom is -0.508 e. The molecule has 2 aromatic carbocycles. The predicted molar refractivity (Wildman–Crippen MR) is 80.5 cm³/mol. The van der Waals surface area contributed by atoms with Crippen LogP contribution in [0.5, 0.6) is 5.75 Å². The van der Waals surface area contributed by atoms with Gasteiger partial charge in [0.2, 0.25) is 0 Å². The lowest BCUT2D eigenvalue weighted by Crippen LogP contribution is -2.00. The van der Waals surface area contributed by atoms with Crippen LogP contribution < -0.4 is 0 Å². The summed E-state index contributed by atoms with van der Waals surface area (Å²) in [4.78, 5) is 10.6. The average molecular weight is 282 g/mol. The Morgan fingerprint density at radius 3 is 2.76 bits per heavy atom. The molecule has 0 bridgehead atoms. The van der Waals surface area contributed by atoms with Crippen molar-refractivity contribution in [2.75, 3.05) is 0 Å². The van der Waals surface area contributed by atoms with Gasteiger partial charge in [0.15, 0.2) is 0 Å². The number of aromatic nitrogens is 1. The summed E-state index contributed by atoms with van der Waals surface area (Å²) in [6.07, 6.45) is 1.91. The zero-order valence-corrected chi connectivity index (χ0v) is 11.5. The number of phenols is 1. The van der Waals surface area contributed by atoms with Crippen molar-refractivity contribution in [2.24, 2.45) is 0 Å². The number of aryl methyl sites for hydroxylation is 1. The molecule has 3 rings (SSSR count). The van der Waals surface area contributed by atoms with E-state index in [0.29, 0.717) is 12.1 Å². The Labute approximate surface area is 121 Å². The van der Waals surface area contributed by atoms with Crippen molar-refractivity contribution in [3.63, 3.8) is 0 Å². The van der Waals surface area contributed by atoms with Crippen LogP contribution in [-0.2, 0) is 6.54 Å². The normalized spacial score (nSPS) is 10.9. The number of nitro benzene ring substituents is 1. The van der Waals surface area contributed by atoms with Crippen molar-refractivity contribution < 1.29 is 10.0 Å². The fraction of sp³-hybridized carbons (Fsp3) is 0.125. The van der Waals surface area contributed by atoms with Crippen molar-refractivity contribution >= 4 is 16.6 Å². The molecule has 21 heavy (non-hydrogen) atoms. The molecule has 1 N–H and O–H groups in total. The van der Waals surface area contributed by atoms with Crippen molar-refractivity contribution in [2.45, 2.75) is 13.5 Å². The summed E-state index contributed by atoms with van der Waals surface area (Å²) in [6.45, 7) is 2.28. The van der Waals surface area contributed by atoms with Gasteiger partial charge in [-0.2, -0.15) is 0 Å². The molecule has 106 valence electrons. The first-order valence-electron chi connectivity index (χ1n) is 6.56. The van der Waals surface area contributed by atoms with Gasteiger partial charge in [0.1, 0.15) is 5.75 Å². The molecule has 3 aromatic rings. The van der Waals surface area contributed by atoms with E-state index in [1.807, 2.05) is 29.0 Å². The second-order valence-electron chi connectivity index (χ2n) is 5.06. The molecule has 5 nitrogen and oxygen atoms in total. The topological polar surface area (TPSA) is 68.3 Å². The molecule has 1 heterocycles. The Morgan fingerprint density at radius 2 is 2.00 bits per heavy atom. The van der Waals surface area contributed by atoms with E-state index in [9.17, 15) is 15.2 Å². The van der Waals surface area contributed by atoms with Gasteiger partial charge >= 0.3 is 0 Å². The van der Waals surface area contributed by atoms with Gasteiger partial charge in [0, 0.05) is 35.3 Å². The minimum atomic E-state index is -0.357. The van der Waals surface area contributed by atoms with Crippen molar-refractivity contribution in [1.82, 2.24) is 4.57 Å². The highest BCUT2D eigenvalue weighted by atomic mass is 16.6. The Balaban J connectivity index is 1.99.